The quantitative estimate of drug-likeness (QED) is 0.686. The first kappa shape index (κ1) is 18.4. The number of ether oxygens (including phenoxy) is 1. The molecule has 0 spiro atoms. The van der Waals surface area contributed by atoms with Gasteiger partial charge in [0.05, 0.1) is 18.1 Å². The van der Waals surface area contributed by atoms with E-state index < -0.39 is 15.4 Å². The summed E-state index contributed by atoms with van der Waals surface area (Å²) in [6.45, 7) is 9.76. The Kier molecular flexibility index (Phi) is 6.62. The highest BCUT2D eigenvalue weighted by molar-refractivity contribution is 7.91. The van der Waals surface area contributed by atoms with Crippen molar-refractivity contribution in [3.8, 4) is 0 Å². The van der Waals surface area contributed by atoms with Crippen molar-refractivity contribution in [2.24, 2.45) is 0 Å². The van der Waals surface area contributed by atoms with Crippen molar-refractivity contribution in [3.05, 3.63) is 0 Å². The molecule has 0 radical (unpaired) electrons. The van der Waals surface area contributed by atoms with Crippen LogP contribution in [0.5, 0.6) is 0 Å². The lowest BCUT2D eigenvalue weighted by atomic mass is 9.96. The molecule has 0 saturated carbocycles. The molecule has 1 saturated heterocycles. The Hall–Kier alpha value is -0.660. The molecule has 1 N–H and O–H groups in total. The summed E-state index contributed by atoms with van der Waals surface area (Å²) >= 11 is 0. The van der Waals surface area contributed by atoms with Gasteiger partial charge >= 0.3 is 5.97 Å². The van der Waals surface area contributed by atoms with Gasteiger partial charge in [-0.05, 0) is 34.1 Å². The van der Waals surface area contributed by atoms with Gasteiger partial charge in [-0.3, -0.25) is 10.1 Å². The first-order chi connectivity index (χ1) is 9.68. The van der Waals surface area contributed by atoms with Crippen LogP contribution in [0.3, 0.4) is 0 Å². The van der Waals surface area contributed by atoms with E-state index in [1.165, 1.54) is 0 Å². The summed E-state index contributed by atoms with van der Waals surface area (Å²) in [4.78, 5) is 14.3. The molecular formula is C14H28N2O4S. The molecule has 7 heteroatoms. The predicted octanol–water partition coefficient (Wildman–Crippen LogP) is 0.427. The van der Waals surface area contributed by atoms with Gasteiger partial charge in [0.2, 0.25) is 0 Å². The largest absolute Gasteiger partial charge is 0.465 e. The Labute approximate surface area is 128 Å². The number of carbonyl (C=O) groups excluding carboxylic acids is 1. The van der Waals surface area contributed by atoms with Crippen LogP contribution in [0.1, 0.15) is 34.1 Å². The third-order valence-electron chi connectivity index (χ3n) is 3.70. The number of carbonyl (C=O) groups is 1. The maximum absolute atomic E-state index is 12.2. The molecule has 6 nitrogen and oxygen atoms in total. The van der Waals surface area contributed by atoms with E-state index in [0.717, 1.165) is 0 Å². The molecule has 1 heterocycles. The second-order valence-electron chi connectivity index (χ2n) is 6.10. The van der Waals surface area contributed by atoms with Gasteiger partial charge in [0.25, 0.3) is 0 Å². The van der Waals surface area contributed by atoms with E-state index in [0.29, 0.717) is 32.7 Å². The number of esters is 1. The van der Waals surface area contributed by atoms with Crippen molar-refractivity contribution >= 4 is 15.8 Å². The highest BCUT2D eigenvalue weighted by Gasteiger charge is 2.35. The zero-order valence-electron chi connectivity index (χ0n) is 13.5. The van der Waals surface area contributed by atoms with Crippen LogP contribution in [0.4, 0.5) is 0 Å². The lowest BCUT2D eigenvalue weighted by molar-refractivity contribution is -0.151. The van der Waals surface area contributed by atoms with Crippen LogP contribution >= 0.6 is 0 Å². The first-order valence-electron chi connectivity index (χ1n) is 7.56. The monoisotopic (exact) mass is 320 g/mol. The van der Waals surface area contributed by atoms with Gasteiger partial charge in [0.15, 0.2) is 9.84 Å². The molecule has 1 unspecified atom stereocenters. The summed E-state index contributed by atoms with van der Waals surface area (Å²) < 4.78 is 28.0. The third kappa shape index (κ3) is 5.92. The Morgan fingerprint density at radius 3 is 2.38 bits per heavy atom. The van der Waals surface area contributed by atoms with Crippen molar-refractivity contribution < 1.29 is 17.9 Å². The predicted molar refractivity (Wildman–Crippen MR) is 83.0 cm³/mol. The number of sulfone groups is 1. The smallest absolute Gasteiger partial charge is 0.326 e. The molecule has 0 aromatic heterocycles. The molecule has 1 atom stereocenters. The molecule has 0 aromatic carbocycles. The summed E-state index contributed by atoms with van der Waals surface area (Å²) in [6, 6.07) is 0.168. The van der Waals surface area contributed by atoms with Crippen molar-refractivity contribution in [2.45, 2.75) is 45.7 Å². The minimum atomic E-state index is -2.86. The van der Waals surface area contributed by atoms with Crippen LogP contribution in [0.25, 0.3) is 0 Å². The molecule has 0 aromatic rings. The summed E-state index contributed by atoms with van der Waals surface area (Å²) in [7, 11) is -2.86. The molecule has 1 fully saturated rings. The summed E-state index contributed by atoms with van der Waals surface area (Å²) in [5, 5.41) is 3.28. The Morgan fingerprint density at radius 2 is 1.90 bits per heavy atom. The van der Waals surface area contributed by atoms with Gasteiger partial charge < -0.3 is 9.64 Å². The van der Waals surface area contributed by atoms with Gasteiger partial charge in [-0.25, -0.2) is 8.42 Å². The summed E-state index contributed by atoms with van der Waals surface area (Å²) in [5.74, 6) is 0.171. The third-order valence-corrected chi connectivity index (χ3v) is 5.31. The van der Waals surface area contributed by atoms with E-state index in [-0.39, 0.29) is 23.5 Å². The van der Waals surface area contributed by atoms with Crippen molar-refractivity contribution in [3.63, 3.8) is 0 Å². The fraction of sp³-hybridized carbons (Fsp3) is 0.929. The second kappa shape index (κ2) is 7.56. The van der Waals surface area contributed by atoms with Gasteiger partial charge in [0.1, 0.15) is 5.54 Å². The molecule has 0 bridgehead atoms. The molecule has 124 valence electrons. The highest BCUT2D eigenvalue weighted by atomic mass is 32.2. The Bertz CT molecular complexity index is 436. The number of rotatable bonds is 7. The highest BCUT2D eigenvalue weighted by Crippen LogP contribution is 2.16. The van der Waals surface area contributed by atoms with E-state index in [9.17, 15) is 13.2 Å². The number of nitrogens with one attached hydrogen (secondary N) is 1. The van der Waals surface area contributed by atoms with Gasteiger partial charge in [-0.1, -0.05) is 0 Å². The van der Waals surface area contributed by atoms with E-state index in [1.54, 1.807) is 6.92 Å². The van der Waals surface area contributed by atoms with Crippen molar-refractivity contribution in [1.29, 1.82) is 0 Å². The van der Waals surface area contributed by atoms with Crippen molar-refractivity contribution in [2.75, 3.05) is 37.7 Å². The molecule has 0 aliphatic carbocycles. The van der Waals surface area contributed by atoms with E-state index in [1.807, 2.05) is 20.8 Å². The first-order valence-corrected chi connectivity index (χ1v) is 9.38. The SMILES string of the molecule is CCOC(=O)C(C)(CCN1CCS(=O)(=O)CC1)NC(C)C. The van der Waals surface area contributed by atoms with Gasteiger partial charge in [-0.2, -0.15) is 0 Å². The number of nitrogens with zero attached hydrogens (tertiary/aromatic N) is 1. The molecule has 1 aliphatic rings. The normalized spacial score (nSPS) is 22.0. The second-order valence-corrected chi connectivity index (χ2v) is 8.40. The van der Waals surface area contributed by atoms with Crippen molar-refractivity contribution in [1.82, 2.24) is 10.2 Å². The van der Waals surface area contributed by atoms with E-state index in [4.69, 9.17) is 4.74 Å². The zero-order valence-corrected chi connectivity index (χ0v) is 14.3. The van der Waals surface area contributed by atoms with E-state index >= 15 is 0 Å². The molecule has 0 amide bonds. The average Bonchev–Trinajstić information content (AvgIpc) is 2.37. The fourth-order valence-electron chi connectivity index (χ4n) is 2.52. The zero-order chi connectivity index (χ0) is 16.1. The lowest BCUT2D eigenvalue weighted by Gasteiger charge is -2.34. The average molecular weight is 320 g/mol. The van der Waals surface area contributed by atoms with Crippen LogP contribution in [-0.2, 0) is 19.4 Å². The minimum absolute atomic E-state index is 0.168. The van der Waals surface area contributed by atoms with Crippen LogP contribution in [0.2, 0.25) is 0 Å². The van der Waals surface area contributed by atoms with Gasteiger partial charge in [-0.15, -0.1) is 0 Å². The molecule has 1 rings (SSSR count). The Balaban J connectivity index is 2.59. The maximum atomic E-state index is 12.2. The number of hydrogen-bond acceptors (Lipinski definition) is 6. The van der Waals surface area contributed by atoms with Gasteiger partial charge in [0, 0.05) is 25.7 Å². The topological polar surface area (TPSA) is 75.7 Å². The van der Waals surface area contributed by atoms with Crippen LogP contribution in [0.15, 0.2) is 0 Å². The standard InChI is InChI=1S/C14H28N2O4S/c1-5-20-13(17)14(4,15-12(2)3)6-7-16-8-10-21(18,19)11-9-16/h12,15H,5-11H2,1-4H3. The molecule has 21 heavy (non-hydrogen) atoms. The Morgan fingerprint density at radius 1 is 1.33 bits per heavy atom. The summed E-state index contributed by atoms with van der Waals surface area (Å²) in [6.07, 6.45) is 0.601. The fourth-order valence-corrected chi connectivity index (χ4v) is 3.79. The molecule has 1 aliphatic heterocycles. The number of hydrogen-bond donors (Lipinski definition) is 1. The van der Waals surface area contributed by atoms with E-state index in [2.05, 4.69) is 10.2 Å². The van der Waals surface area contributed by atoms with Crippen LogP contribution in [-0.4, -0.2) is 68.6 Å². The van der Waals surface area contributed by atoms with Crippen LogP contribution in [0, 0.1) is 0 Å². The lowest BCUT2D eigenvalue weighted by Crippen LogP contribution is -2.55. The minimum Gasteiger partial charge on any atom is -0.465 e. The maximum Gasteiger partial charge on any atom is 0.326 e. The molecular weight excluding hydrogens is 292 g/mol. The summed E-state index contributed by atoms with van der Waals surface area (Å²) in [5.41, 5.74) is -0.736. The van der Waals surface area contributed by atoms with Crippen LogP contribution < -0.4 is 5.32 Å².